The lowest BCUT2D eigenvalue weighted by Crippen LogP contribution is -2.38. The van der Waals surface area contributed by atoms with Crippen molar-refractivity contribution in [2.45, 2.75) is 25.7 Å². The molecule has 122 valence electrons. The van der Waals surface area contributed by atoms with Gasteiger partial charge in [0.25, 0.3) is 5.91 Å². The normalized spacial score (nSPS) is 12.3. The summed E-state index contributed by atoms with van der Waals surface area (Å²) in [5, 5.41) is 33.8. The molecule has 0 atom stereocenters. The van der Waals surface area contributed by atoms with Crippen molar-refractivity contribution in [3.8, 4) is 0 Å². The molecule has 6 N–H and O–H groups in total. The minimum Gasteiger partial charge on any atom is -0.478 e. The van der Waals surface area contributed by atoms with Gasteiger partial charge in [-0.1, -0.05) is 5.16 Å². The van der Waals surface area contributed by atoms with Gasteiger partial charge in [-0.2, -0.15) is 0 Å². The van der Waals surface area contributed by atoms with E-state index in [9.17, 15) is 9.59 Å². The number of anilines is 1. The minimum atomic E-state index is -1.75. The molecule has 0 aromatic carbocycles. The van der Waals surface area contributed by atoms with E-state index in [1.165, 1.54) is 19.2 Å². The highest BCUT2D eigenvalue weighted by Crippen LogP contribution is 2.15. The molecule has 0 saturated heterocycles. The summed E-state index contributed by atoms with van der Waals surface area (Å²) in [6.07, 6.45) is -1.75. The second-order valence-corrected chi connectivity index (χ2v) is 5.50. The smallest absolute Gasteiger partial charge is 0.350 e. The number of nitrogens with one attached hydrogen (secondary N) is 1. The maximum absolute atomic E-state index is 12.0. The van der Waals surface area contributed by atoms with Gasteiger partial charge in [0.05, 0.1) is 6.54 Å². The van der Waals surface area contributed by atoms with Gasteiger partial charge in [0.2, 0.25) is 5.60 Å². The second kappa shape index (κ2) is 7.15. The Hall–Kier alpha value is -2.24. The topological polar surface area (TPSA) is 167 Å². The Balaban J connectivity index is 3.01. The van der Waals surface area contributed by atoms with E-state index in [0.717, 1.165) is 11.3 Å². The number of carboxylic acid groups (broad SMARTS) is 1. The van der Waals surface area contributed by atoms with Gasteiger partial charge in [0.15, 0.2) is 17.1 Å². The lowest BCUT2D eigenvalue weighted by molar-refractivity contribution is -0.161. The van der Waals surface area contributed by atoms with Crippen LogP contribution in [0.3, 0.4) is 0 Å². The molecular weight excluding hydrogens is 316 g/mol. The Morgan fingerprint density at radius 2 is 2.18 bits per heavy atom. The van der Waals surface area contributed by atoms with Crippen LogP contribution in [-0.4, -0.2) is 56.3 Å². The summed E-state index contributed by atoms with van der Waals surface area (Å²) in [7, 11) is 0. The first-order valence-corrected chi connectivity index (χ1v) is 6.86. The van der Waals surface area contributed by atoms with Crippen molar-refractivity contribution in [1.82, 2.24) is 10.3 Å². The van der Waals surface area contributed by atoms with Gasteiger partial charge in [-0.15, -0.1) is 11.3 Å². The molecule has 0 saturated carbocycles. The monoisotopic (exact) mass is 332 g/mol. The maximum Gasteiger partial charge on any atom is 0.350 e. The van der Waals surface area contributed by atoms with E-state index in [-0.39, 0.29) is 16.5 Å². The van der Waals surface area contributed by atoms with Gasteiger partial charge in [-0.25, -0.2) is 9.78 Å². The van der Waals surface area contributed by atoms with Gasteiger partial charge in [-0.05, 0) is 13.8 Å². The Bertz CT molecular complexity index is 583. The zero-order valence-corrected chi connectivity index (χ0v) is 12.6. The fraction of sp³-hybridized carbons (Fsp3) is 0.455. The molecule has 0 aliphatic heterocycles. The number of carbonyl (C=O) groups is 2. The molecule has 0 fully saturated rings. The van der Waals surface area contributed by atoms with Gasteiger partial charge in [0.1, 0.15) is 5.69 Å². The average Bonchev–Trinajstić information content (AvgIpc) is 2.82. The number of carbonyl (C=O) groups excluding carboxylic acids is 1. The lowest BCUT2D eigenvalue weighted by Gasteiger charge is -2.17. The van der Waals surface area contributed by atoms with Crippen LogP contribution in [0.15, 0.2) is 10.5 Å². The number of oxime groups is 1. The van der Waals surface area contributed by atoms with Crippen molar-refractivity contribution in [3.05, 3.63) is 11.1 Å². The Labute approximate surface area is 129 Å². The zero-order chi connectivity index (χ0) is 16.9. The number of rotatable bonds is 7. The SMILES string of the molecule is CC(C)(O/N=C(\C(=O)NCC(O)O)c1csc(N)n1)C(=O)O. The van der Waals surface area contributed by atoms with Crippen LogP contribution in [0.2, 0.25) is 0 Å². The molecule has 1 aromatic rings. The Morgan fingerprint density at radius 1 is 1.55 bits per heavy atom. The van der Waals surface area contributed by atoms with Crippen LogP contribution in [0, 0.1) is 0 Å². The summed E-state index contributed by atoms with van der Waals surface area (Å²) >= 11 is 1.05. The van der Waals surface area contributed by atoms with Crippen molar-refractivity contribution < 1.29 is 29.7 Å². The minimum absolute atomic E-state index is 0.0774. The van der Waals surface area contributed by atoms with E-state index >= 15 is 0 Å². The van der Waals surface area contributed by atoms with Crippen molar-refractivity contribution in [2.24, 2.45) is 5.16 Å². The number of aliphatic hydroxyl groups excluding tert-OH is 1. The fourth-order valence-corrected chi connectivity index (χ4v) is 1.62. The van der Waals surface area contributed by atoms with Crippen LogP contribution in [0.1, 0.15) is 19.5 Å². The molecule has 11 heteroatoms. The molecule has 0 aliphatic rings. The molecule has 0 radical (unpaired) electrons. The predicted octanol–water partition coefficient (Wildman–Crippen LogP) is -1.26. The number of aliphatic carboxylic acids is 1. The van der Waals surface area contributed by atoms with Gasteiger partial charge < -0.3 is 31.2 Å². The number of aliphatic hydroxyl groups is 2. The number of hydrogen-bond acceptors (Lipinski definition) is 9. The Morgan fingerprint density at radius 3 is 2.64 bits per heavy atom. The number of thiazole rings is 1. The molecular formula is C11H16N4O6S. The number of nitrogen functional groups attached to an aromatic ring is 1. The fourth-order valence-electron chi connectivity index (χ4n) is 1.07. The third kappa shape index (κ3) is 4.95. The predicted molar refractivity (Wildman–Crippen MR) is 77.1 cm³/mol. The first kappa shape index (κ1) is 17.8. The highest BCUT2D eigenvalue weighted by atomic mass is 32.1. The van der Waals surface area contributed by atoms with Gasteiger partial charge >= 0.3 is 5.97 Å². The number of amides is 1. The van der Waals surface area contributed by atoms with Crippen molar-refractivity contribution in [2.75, 3.05) is 12.3 Å². The van der Waals surface area contributed by atoms with E-state index in [4.69, 9.17) is 25.9 Å². The van der Waals surface area contributed by atoms with E-state index in [2.05, 4.69) is 15.5 Å². The summed E-state index contributed by atoms with van der Waals surface area (Å²) in [6, 6.07) is 0. The van der Waals surface area contributed by atoms with Crippen LogP contribution in [-0.2, 0) is 14.4 Å². The summed E-state index contributed by atoms with van der Waals surface area (Å²) in [6.45, 7) is 2.06. The van der Waals surface area contributed by atoms with Crippen molar-refractivity contribution in [3.63, 3.8) is 0 Å². The summed E-state index contributed by atoms with van der Waals surface area (Å²) < 4.78 is 0. The van der Waals surface area contributed by atoms with E-state index in [1.54, 1.807) is 0 Å². The highest BCUT2D eigenvalue weighted by Gasteiger charge is 2.31. The zero-order valence-electron chi connectivity index (χ0n) is 11.8. The van der Waals surface area contributed by atoms with Crippen LogP contribution in [0.4, 0.5) is 5.13 Å². The molecule has 1 aromatic heterocycles. The highest BCUT2D eigenvalue weighted by molar-refractivity contribution is 7.13. The Kier molecular flexibility index (Phi) is 5.79. The standard InChI is InChI=1S/C11H16N4O6S/c1-11(2,9(19)20)21-15-7(5-4-22-10(12)14-5)8(18)13-3-6(16)17/h4,6,16-17H,3H2,1-2H3,(H2,12,14)(H,13,18)(H,19,20)/b15-7-. The number of hydrogen-bond donors (Lipinski definition) is 5. The number of aromatic nitrogens is 1. The van der Waals surface area contributed by atoms with Crippen LogP contribution in [0.5, 0.6) is 0 Å². The van der Waals surface area contributed by atoms with Gasteiger partial charge in [0, 0.05) is 5.38 Å². The molecule has 0 aliphatic carbocycles. The molecule has 1 amide bonds. The van der Waals surface area contributed by atoms with E-state index in [1.807, 2.05) is 0 Å². The van der Waals surface area contributed by atoms with Crippen LogP contribution in [0.25, 0.3) is 0 Å². The molecule has 0 bridgehead atoms. The van der Waals surface area contributed by atoms with Gasteiger partial charge in [-0.3, -0.25) is 4.79 Å². The molecule has 10 nitrogen and oxygen atoms in total. The summed E-state index contributed by atoms with van der Waals surface area (Å²) in [4.78, 5) is 31.7. The van der Waals surface area contributed by atoms with Crippen molar-refractivity contribution >= 4 is 34.1 Å². The number of carboxylic acids is 1. The largest absolute Gasteiger partial charge is 0.478 e. The van der Waals surface area contributed by atoms with E-state index < -0.39 is 30.3 Å². The van der Waals surface area contributed by atoms with E-state index in [0.29, 0.717) is 0 Å². The first-order valence-electron chi connectivity index (χ1n) is 5.98. The summed E-state index contributed by atoms with van der Waals surface area (Å²) in [5.74, 6) is -2.10. The molecule has 0 unspecified atom stereocenters. The van der Waals surface area contributed by atoms with Crippen LogP contribution >= 0.6 is 11.3 Å². The lowest BCUT2D eigenvalue weighted by atomic mass is 10.1. The summed E-state index contributed by atoms with van der Waals surface area (Å²) in [5.41, 5.74) is 3.56. The quantitative estimate of drug-likeness (QED) is 0.234. The number of nitrogens with zero attached hydrogens (tertiary/aromatic N) is 2. The maximum atomic E-state index is 12.0. The molecule has 0 spiro atoms. The van der Waals surface area contributed by atoms with Crippen molar-refractivity contribution in [1.29, 1.82) is 0 Å². The average molecular weight is 332 g/mol. The van der Waals surface area contributed by atoms with Crippen LogP contribution < -0.4 is 11.1 Å². The second-order valence-electron chi connectivity index (χ2n) is 4.61. The molecule has 22 heavy (non-hydrogen) atoms. The molecule has 1 heterocycles. The first-order chi connectivity index (χ1) is 10.1. The third-order valence-electron chi connectivity index (χ3n) is 2.31. The molecule has 1 rings (SSSR count). The number of nitrogens with two attached hydrogens (primary N) is 1. The third-order valence-corrected chi connectivity index (χ3v) is 2.98.